The van der Waals surface area contributed by atoms with Gasteiger partial charge in [0.1, 0.15) is 0 Å². The molecule has 0 aliphatic rings. The average molecular weight is 634 g/mol. The monoisotopic (exact) mass is 632 g/mol. The molecule has 10 nitrogen and oxygen atoms in total. The molecule has 0 spiro atoms. The van der Waals surface area contributed by atoms with E-state index in [4.69, 9.17) is 19.7 Å². The third-order valence-corrected chi connectivity index (χ3v) is 6.24. The number of aromatic carboxylic acids is 2. The molecule has 37 heavy (non-hydrogen) atoms. The third-order valence-electron chi connectivity index (χ3n) is 4.92. The molecule has 2 N–H and O–H groups in total. The van der Waals surface area contributed by atoms with Crippen molar-refractivity contribution in [1.29, 1.82) is 0 Å². The second kappa shape index (κ2) is 11.3. The summed E-state index contributed by atoms with van der Waals surface area (Å²) in [6.07, 6.45) is 0. The number of carboxylic acids is 2. The van der Waals surface area contributed by atoms with Gasteiger partial charge in [0, 0.05) is 8.95 Å². The summed E-state index contributed by atoms with van der Waals surface area (Å²) in [4.78, 5) is 71.8. The van der Waals surface area contributed by atoms with E-state index in [1.165, 1.54) is 61.5 Å². The number of halogens is 2. The lowest BCUT2D eigenvalue weighted by Gasteiger charge is -2.09. The van der Waals surface area contributed by atoms with Gasteiger partial charge >= 0.3 is 35.8 Å². The number of hydrogen-bond donors (Lipinski definition) is 2. The Hall–Kier alpha value is -4.16. The fraction of sp³-hybridized carbons (Fsp3) is 0.0400. The largest absolute Gasteiger partial charge is 0.478 e. The Labute approximate surface area is 225 Å². The highest BCUT2D eigenvalue weighted by atomic mass is 79.9. The topological polar surface area (TPSA) is 161 Å². The number of esters is 4. The Bertz CT molecular complexity index is 1490. The zero-order chi connectivity index (χ0) is 27.4. The highest BCUT2D eigenvalue weighted by Crippen LogP contribution is 2.23. The number of hydrogen-bond acceptors (Lipinski definition) is 8. The van der Waals surface area contributed by atoms with Crippen LogP contribution >= 0.6 is 31.9 Å². The molecule has 0 amide bonds. The summed E-state index contributed by atoms with van der Waals surface area (Å²) in [6, 6.07) is 10.8. The van der Waals surface area contributed by atoms with Gasteiger partial charge in [0.2, 0.25) is 0 Å². The molecule has 0 aliphatic carbocycles. The Kier molecular flexibility index (Phi) is 8.35. The maximum Gasteiger partial charge on any atom is 0.347 e. The number of carbonyl (C=O) groups is 6. The molecule has 12 heteroatoms. The van der Waals surface area contributed by atoms with Crippen molar-refractivity contribution in [1.82, 2.24) is 0 Å². The second-order valence-corrected chi connectivity index (χ2v) is 9.09. The van der Waals surface area contributed by atoms with Crippen molar-refractivity contribution in [2.75, 3.05) is 0 Å². The summed E-state index contributed by atoms with van der Waals surface area (Å²) < 4.78 is 9.96. The lowest BCUT2D eigenvalue weighted by molar-refractivity contribution is 0.0375. The van der Waals surface area contributed by atoms with Crippen LogP contribution in [0.4, 0.5) is 0 Å². The van der Waals surface area contributed by atoms with Crippen LogP contribution in [0.15, 0.2) is 63.5 Å². The van der Waals surface area contributed by atoms with Gasteiger partial charge in [0.15, 0.2) is 0 Å². The molecule has 0 saturated heterocycles. The highest BCUT2D eigenvalue weighted by Gasteiger charge is 2.22. The maximum atomic E-state index is 12.5. The SMILES string of the molecule is Cc1cc(C(=O)OC(=O)c2ccc(C(=O)O)cc2Br)ccc1C(=O)OC(=O)c1ccc(C(=O)O)cc1Br. The van der Waals surface area contributed by atoms with E-state index in [2.05, 4.69) is 31.9 Å². The molecular formula is C25H14Br2O10. The molecule has 0 atom stereocenters. The highest BCUT2D eigenvalue weighted by molar-refractivity contribution is 9.10. The van der Waals surface area contributed by atoms with Gasteiger partial charge in [-0.15, -0.1) is 0 Å². The first-order valence-corrected chi connectivity index (χ1v) is 11.7. The van der Waals surface area contributed by atoms with Crippen LogP contribution in [-0.2, 0) is 9.47 Å². The number of ether oxygens (including phenoxy) is 2. The molecule has 0 fully saturated rings. The van der Waals surface area contributed by atoms with E-state index in [1.54, 1.807) is 0 Å². The normalized spacial score (nSPS) is 10.4. The van der Waals surface area contributed by atoms with Crippen molar-refractivity contribution < 1.29 is 48.5 Å². The number of rotatable bonds is 6. The average Bonchev–Trinajstić information content (AvgIpc) is 2.83. The van der Waals surface area contributed by atoms with E-state index in [0.29, 0.717) is 0 Å². The minimum atomic E-state index is -1.20. The summed E-state index contributed by atoms with van der Waals surface area (Å²) in [5.41, 5.74) is -0.159. The van der Waals surface area contributed by atoms with Gasteiger partial charge in [0.25, 0.3) is 0 Å². The van der Waals surface area contributed by atoms with Gasteiger partial charge < -0.3 is 19.7 Å². The van der Waals surface area contributed by atoms with E-state index in [1.807, 2.05) is 0 Å². The third kappa shape index (κ3) is 6.35. The van der Waals surface area contributed by atoms with Gasteiger partial charge in [0.05, 0.1) is 33.4 Å². The minimum absolute atomic E-state index is 0.0403. The Morgan fingerprint density at radius 2 is 0.946 bits per heavy atom. The Morgan fingerprint density at radius 3 is 1.35 bits per heavy atom. The van der Waals surface area contributed by atoms with Crippen LogP contribution in [0.5, 0.6) is 0 Å². The van der Waals surface area contributed by atoms with Crippen molar-refractivity contribution in [2.24, 2.45) is 0 Å². The van der Waals surface area contributed by atoms with Crippen molar-refractivity contribution in [3.63, 3.8) is 0 Å². The lowest BCUT2D eigenvalue weighted by atomic mass is 10.1. The van der Waals surface area contributed by atoms with E-state index in [0.717, 1.165) is 0 Å². The molecule has 3 aromatic rings. The van der Waals surface area contributed by atoms with E-state index >= 15 is 0 Å². The second-order valence-electron chi connectivity index (χ2n) is 7.38. The lowest BCUT2D eigenvalue weighted by Crippen LogP contribution is -2.16. The smallest absolute Gasteiger partial charge is 0.347 e. The molecule has 0 radical (unpaired) electrons. The Morgan fingerprint density at radius 1 is 0.568 bits per heavy atom. The molecule has 0 unspecified atom stereocenters. The van der Waals surface area contributed by atoms with Crippen LogP contribution in [0.3, 0.4) is 0 Å². The zero-order valence-corrected chi connectivity index (χ0v) is 21.8. The first kappa shape index (κ1) is 27.4. The van der Waals surface area contributed by atoms with Crippen molar-refractivity contribution in [3.8, 4) is 0 Å². The van der Waals surface area contributed by atoms with Crippen LogP contribution in [0.2, 0.25) is 0 Å². The summed E-state index contributed by atoms with van der Waals surface area (Å²) in [6.45, 7) is 1.47. The molecule has 0 aromatic heterocycles. The molecule has 0 aliphatic heterocycles. The van der Waals surface area contributed by atoms with Crippen molar-refractivity contribution in [2.45, 2.75) is 6.92 Å². The zero-order valence-electron chi connectivity index (χ0n) is 18.6. The molecule has 0 saturated carbocycles. The Balaban J connectivity index is 1.71. The van der Waals surface area contributed by atoms with Crippen LogP contribution in [0.1, 0.15) is 67.7 Å². The molecule has 3 rings (SSSR count). The van der Waals surface area contributed by atoms with Gasteiger partial charge in [-0.25, -0.2) is 28.8 Å². The summed E-state index contributed by atoms with van der Waals surface area (Å²) in [5.74, 6) is -6.50. The first-order valence-electron chi connectivity index (χ1n) is 10.1. The summed E-state index contributed by atoms with van der Waals surface area (Å²) >= 11 is 6.14. The predicted molar refractivity (Wildman–Crippen MR) is 133 cm³/mol. The number of carbonyl (C=O) groups excluding carboxylic acids is 4. The van der Waals surface area contributed by atoms with Gasteiger partial charge in [-0.05, 0) is 98.9 Å². The quantitative estimate of drug-likeness (QED) is 0.282. The van der Waals surface area contributed by atoms with E-state index in [9.17, 15) is 28.8 Å². The van der Waals surface area contributed by atoms with Crippen LogP contribution in [0, 0.1) is 6.92 Å². The summed E-state index contributed by atoms with van der Waals surface area (Å²) in [7, 11) is 0. The number of carboxylic acid groups (broad SMARTS) is 2. The van der Waals surface area contributed by atoms with Crippen LogP contribution in [0.25, 0.3) is 0 Å². The van der Waals surface area contributed by atoms with E-state index < -0.39 is 35.8 Å². The molecule has 188 valence electrons. The molecular weight excluding hydrogens is 620 g/mol. The van der Waals surface area contributed by atoms with Crippen LogP contribution < -0.4 is 0 Å². The van der Waals surface area contributed by atoms with Gasteiger partial charge in [-0.2, -0.15) is 0 Å². The van der Waals surface area contributed by atoms with E-state index in [-0.39, 0.29) is 47.9 Å². The fourth-order valence-corrected chi connectivity index (χ4v) is 4.12. The van der Waals surface area contributed by atoms with Crippen LogP contribution in [-0.4, -0.2) is 46.0 Å². The number of aryl methyl sites for hydroxylation is 1. The number of benzene rings is 3. The predicted octanol–water partition coefficient (Wildman–Crippen LogP) is 4.91. The molecule has 0 heterocycles. The van der Waals surface area contributed by atoms with Gasteiger partial charge in [-0.3, -0.25) is 0 Å². The van der Waals surface area contributed by atoms with Crippen molar-refractivity contribution in [3.05, 3.63) is 102 Å². The molecule has 3 aromatic carbocycles. The van der Waals surface area contributed by atoms with Gasteiger partial charge in [-0.1, -0.05) is 0 Å². The first-order chi connectivity index (χ1) is 17.4. The maximum absolute atomic E-state index is 12.5. The fourth-order valence-electron chi connectivity index (χ4n) is 3.04. The summed E-state index contributed by atoms with van der Waals surface area (Å²) in [5, 5.41) is 18.0. The van der Waals surface area contributed by atoms with Crippen molar-refractivity contribution >= 4 is 67.7 Å². The molecule has 0 bridgehead atoms. The minimum Gasteiger partial charge on any atom is -0.478 e. The standard InChI is InChI=1S/C25H14Br2O10/c1-11-8-14(22(32)36-24(34)16-6-2-12(20(28)29)9-18(16)26)4-5-15(11)23(33)37-25(35)17-7-3-13(21(30)31)10-19(17)27/h2-10H,1H3,(H,28,29)(H,30,31).